The monoisotopic (exact) mass is 245 g/mol. The maximum absolute atomic E-state index is 4.45. The van der Waals surface area contributed by atoms with Crippen LogP contribution in [0.1, 0.15) is 25.6 Å². The van der Waals surface area contributed by atoms with Crippen LogP contribution in [0, 0.1) is 6.92 Å². The summed E-state index contributed by atoms with van der Waals surface area (Å²) in [5.74, 6) is 0.815. The minimum Gasteiger partial charge on any atom is -0.352 e. The number of aryl methyl sites for hydroxylation is 1. The Bertz CT molecular complexity index is 535. The van der Waals surface area contributed by atoms with E-state index in [4.69, 9.17) is 0 Å². The number of hydrogen-bond donors (Lipinski definition) is 1. The number of aromatic nitrogens is 4. The maximum Gasteiger partial charge on any atom is 0.208 e. The van der Waals surface area contributed by atoms with Crippen molar-refractivity contribution < 1.29 is 0 Å². The number of hydrogen-bond acceptors (Lipinski definition) is 3. The molecule has 0 bridgehead atoms. The Morgan fingerprint density at radius 1 is 1.44 bits per heavy atom. The van der Waals surface area contributed by atoms with Gasteiger partial charge in [-0.3, -0.25) is 9.25 Å². The first-order chi connectivity index (χ1) is 8.61. The van der Waals surface area contributed by atoms with E-state index >= 15 is 0 Å². The van der Waals surface area contributed by atoms with Crippen molar-refractivity contribution in [1.29, 1.82) is 0 Å². The minimum atomic E-state index is 0.355. The molecule has 0 atom stereocenters. The van der Waals surface area contributed by atoms with Crippen molar-refractivity contribution in [2.45, 2.75) is 26.8 Å². The van der Waals surface area contributed by atoms with Crippen LogP contribution in [-0.4, -0.2) is 25.9 Å². The van der Waals surface area contributed by atoms with E-state index in [0.717, 1.165) is 17.3 Å². The zero-order valence-electron chi connectivity index (χ0n) is 11.1. The van der Waals surface area contributed by atoms with Crippen molar-refractivity contribution in [1.82, 2.24) is 19.3 Å². The predicted octanol–water partition coefficient (Wildman–Crippen LogP) is 2.56. The number of imidazole rings is 1. The van der Waals surface area contributed by atoms with Gasteiger partial charge in [0, 0.05) is 25.0 Å². The predicted molar refractivity (Wildman–Crippen MR) is 73.2 cm³/mol. The summed E-state index contributed by atoms with van der Waals surface area (Å²) in [6, 6.07) is 0.355. The summed E-state index contributed by atoms with van der Waals surface area (Å²) in [7, 11) is 0. The standard InChI is InChI=1S/C13H19N5/c1-5-6-14-13-16-11(4)8-17(13)12-7-15-18(9-12)10(2)3/h5,7-10H,1,6H2,2-4H3,(H,14,16). The zero-order chi connectivity index (χ0) is 13.1. The van der Waals surface area contributed by atoms with Gasteiger partial charge >= 0.3 is 0 Å². The van der Waals surface area contributed by atoms with Crippen LogP contribution in [0.15, 0.2) is 31.2 Å². The van der Waals surface area contributed by atoms with Crippen LogP contribution in [0.5, 0.6) is 0 Å². The molecule has 96 valence electrons. The van der Waals surface area contributed by atoms with Gasteiger partial charge in [0.1, 0.15) is 0 Å². The highest BCUT2D eigenvalue weighted by Gasteiger charge is 2.09. The van der Waals surface area contributed by atoms with E-state index in [1.165, 1.54) is 0 Å². The fraction of sp³-hybridized carbons (Fsp3) is 0.385. The van der Waals surface area contributed by atoms with Crippen LogP contribution in [0.25, 0.3) is 5.69 Å². The highest BCUT2D eigenvalue weighted by atomic mass is 15.3. The van der Waals surface area contributed by atoms with Gasteiger partial charge in [0.15, 0.2) is 0 Å². The zero-order valence-corrected chi connectivity index (χ0v) is 11.1. The summed E-state index contributed by atoms with van der Waals surface area (Å²) in [5, 5.41) is 7.56. The van der Waals surface area contributed by atoms with Crippen molar-refractivity contribution in [3.05, 3.63) is 36.9 Å². The highest BCUT2D eigenvalue weighted by Crippen LogP contribution is 2.17. The first-order valence-corrected chi connectivity index (χ1v) is 6.07. The van der Waals surface area contributed by atoms with Gasteiger partial charge in [-0.25, -0.2) is 4.98 Å². The molecule has 0 saturated carbocycles. The molecule has 5 heteroatoms. The molecule has 2 heterocycles. The van der Waals surface area contributed by atoms with E-state index in [2.05, 4.69) is 35.8 Å². The van der Waals surface area contributed by atoms with Crippen LogP contribution in [0.3, 0.4) is 0 Å². The summed E-state index contributed by atoms with van der Waals surface area (Å²) < 4.78 is 3.94. The largest absolute Gasteiger partial charge is 0.352 e. The van der Waals surface area contributed by atoms with E-state index in [-0.39, 0.29) is 0 Å². The first kappa shape index (κ1) is 12.4. The molecule has 0 fully saturated rings. The lowest BCUT2D eigenvalue weighted by Gasteiger charge is -2.06. The Kier molecular flexibility index (Phi) is 3.50. The fourth-order valence-electron chi connectivity index (χ4n) is 1.72. The van der Waals surface area contributed by atoms with Gasteiger partial charge in [0.2, 0.25) is 5.95 Å². The summed E-state index contributed by atoms with van der Waals surface area (Å²) in [6.45, 7) is 10.6. The Morgan fingerprint density at radius 3 is 2.83 bits per heavy atom. The average Bonchev–Trinajstić information content (AvgIpc) is 2.92. The number of nitrogens with one attached hydrogen (secondary N) is 1. The van der Waals surface area contributed by atoms with Crippen LogP contribution in [-0.2, 0) is 0 Å². The van der Waals surface area contributed by atoms with Crippen molar-refractivity contribution in [3.8, 4) is 5.69 Å². The van der Waals surface area contributed by atoms with Gasteiger partial charge in [0.05, 0.1) is 17.6 Å². The lowest BCUT2D eigenvalue weighted by molar-refractivity contribution is 0.532. The molecule has 0 aliphatic rings. The average molecular weight is 245 g/mol. The third-order valence-electron chi connectivity index (χ3n) is 2.63. The van der Waals surface area contributed by atoms with Crippen molar-refractivity contribution in [2.24, 2.45) is 0 Å². The molecule has 18 heavy (non-hydrogen) atoms. The second-order valence-corrected chi connectivity index (χ2v) is 4.52. The Balaban J connectivity index is 2.33. The van der Waals surface area contributed by atoms with E-state index in [9.17, 15) is 0 Å². The molecule has 2 aromatic heterocycles. The molecule has 5 nitrogen and oxygen atoms in total. The van der Waals surface area contributed by atoms with Crippen molar-refractivity contribution in [2.75, 3.05) is 11.9 Å². The van der Waals surface area contributed by atoms with Gasteiger partial charge in [-0.15, -0.1) is 6.58 Å². The topological polar surface area (TPSA) is 47.7 Å². The van der Waals surface area contributed by atoms with Gasteiger partial charge in [-0.2, -0.15) is 5.10 Å². The molecule has 0 unspecified atom stereocenters. The van der Waals surface area contributed by atoms with E-state index in [1.807, 2.05) is 40.8 Å². The third kappa shape index (κ3) is 2.45. The van der Waals surface area contributed by atoms with Gasteiger partial charge in [0.25, 0.3) is 0 Å². The molecular formula is C13H19N5. The van der Waals surface area contributed by atoms with Crippen LogP contribution >= 0.6 is 0 Å². The first-order valence-electron chi connectivity index (χ1n) is 6.07. The van der Waals surface area contributed by atoms with E-state index in [0.29, 0.717) is 12.6 Å². The maximum atomic E-state index is 4.45. The van der Waals surface area contributed by atoms with Crippen LogP contribution in [0.4, 0.5) is 5.95 Å². The molecular weight excluding hydrogens is 226 g/mol. The molecule has 2 rings (SSSR count). The van der Waals surface area contributed by atoms with E-state index in [1.54, 1.807) is 0 Å². The highest BCUT2D eigenvalue weighted by molar-refractivity contribution is 5.41. The molecule has 1 N–H and O–H groups in total. The second-order valence-electron chi connectivity index (χ2n) is 4.52. The molecule has 0 aromatic carbocycles. The summed E-state index contributed by atoms with van der Waals surface area (Å²) in [6.07, 6.45) is 7.67. The lowest BCUT2D eigenvalue weighted by atomic mass is 10.4. The van der Waals surface area contributed by atoms with E-state index < -0.39 is 0 Å². The smallest absolute Gasteiger partial charge is 0.208 e. The Hall–Kier alpha value is -2.04. The van der Waals surface area contributed by atoms with Crippen molar-refractivity contribution in [3.63, 3.8) is 0 Å². The molecule has 0 saturated heterocycles. The Morgan fingerprint density at radius 2 is 2.22 bits per heavy atom. The van der Waals surface area contributed by atoms with Crippen molar-refractivity contribution >= 4 is 5.95 Å². The van der Waals surface area contributed by atoms with Gasteiger partial charge in [-0.1, -0.05) is 6.08 Å². The van der Waals surface area contributed by atoms with Crippen LogP contribution < -0.4 is 5.32 Å². The molecule has 2 aromatic rings. The van der Waals surface area contributed by atoms with Gasteiger partial charge < -0.3 is 5.32 Å². The minimum absolute atomic E-state index is 0.355. The summed E-state index contributed by atoms with van der Waals surface area (Å²) in [4.78, 5) is 4.45. The lowest BCUT2D eigenvalue weighted by Crippen LogP contribution is -2.05. The summed E-state index contributed by atoms with van der Waals surface area (Å²) >= 11 is 0. The number of rotatable bonds is 5. The second kappa shape index (κ2) is 5.08. The fourth-order valence-corrected chi connectivity index (χ4v) is 1.72. The summed E-state index contributed by atoms with van der Waals surface area (Å²) in [5.41, 5.74) is 1.98. The van der Waals surface area contributed by atoms with Crippen LogP contribution in [0.2, 0.25) is 0 Å². The molecule has 0 aliphatic carbocycles. The third-order valence-corrected chi connectivity index (χ3v) is 2.63. The molecule has 0 amide bonds. The Labute approximate surface area is 107 Å². The number of nitrogens with zero attached hydrogens (tertiary/aromatic N) is 4. The molecule has 0 aliphatic heterocycles. The number of anilines is 1. The molecule has 0 radical (unpaired) electrons. The molecule has 0 spiro atoms. The quantitative estimate of drug-likeness (QED) is 0.823. The SMILES string of the molecule is C=CCNc1nc(C)cn1-c1cnn(C(C)C)c1. The normalized spacial score (nSPS) is 10.9. The van der Waals surface area contributed by atoms with Gasteiger partial charge in [-0.05, 0) is 20.8 Å².